The summed E-state index contributed by atoms with van der Waals surface area (Å²) in [5, 5.41) is 5.75. The van der Waals surface area contributed by atoms with Crippen molar-refractivity contribution in [3.8, 4) is 11.1 Å². The second-order valence-corrected chi connectivity index (χ2v) is 21.7. The van der Waals surface area contributed by atoms with Crippen molar-refractivity contribution in [3.63, 3.8) is 0 Å². The van der Waals surface area contributed by atoms with E-state index >= 15 is 0 Å². The molecular formula is C56H49BN2O2S. The molecule has 7 aromatic carbocycles. The van der Waals surface area contributed by atoms with E-state index in [1.807, 2.05) is 11.3 Å². The quantitative estimate of drug-likeness (QED) is 0.163. The topological polar surface area (TPSA) is 32.8 Å². The van der Waals surface area contributed by atoms with Crippen LogP contribution in [0.4, 0.5) is 28.4 Å². The highest BCUT2D eigenvalue weighted by atomic mass is 32.1. The first-order valence-corrected chi connectivity index (χ1v) is 22.8. The van der Waals surface area contributed by atoms with Gasteiger partial charge in [0.1, 0.15) is 16.7 Å². The van der Waals surface area contributed by atoms with Crippen LogP contribution in [0.15, 0.2) is 142 Å². The fourth-order valence-electron chi connectivity index (χ4n) is 10.1. The molecule has 0 fully saturated rings. The van der Waals surface area contributed by atoms with Crippen molar-refractivity contribution in [2.75, 3.05) is 9.71 Å². The summed E-state index contributed by atoms with van der Waals surface area (Å²) in [6.07, 6.45) is 0. The molecule has 0 N–H and O–H groups in total. The zero-order chi connectivity index (χ0) is 42.6. The maximum absolute atomic E-state index is 7.16. The van der Waals surface area contributed by atoms with Crippen LogP contribution >= 0.6 is 11.3 Å². The van der Waals surface area contributed by atoms with Gasteiger partial charge in [-0.25, -0.2) is 0 Å². The first-order valence-electron chi connectivity index (χ1n) is 21.9. The minimum absolute atomic E-state index is 0.0145. The monoisotopic (exact) mass is 824 g/mol. The van der Waals surface area contributed by atoms with E-state index in [9.17, 15) is 0 Å². The first-order chi connectivity index (χ1) is 29.6. The first kappa shape index (κ1) is 37.5. The molecule has 0 saturated heterocycles. The molecule has 0 amide bonds. The van der Waals surface area contributed by atoms with Gasteiger partial charge in [0.15, 0.2) is 5.58 Å². The summed E-state index contributed by atoms with van der Waals surface area (Å²) in [5.74, 6) is 0. The average Bonchev–Trinajstić information content (AvgIpc) is 3.93. The molecule has 0 aliphatic carbocycles. The van der Waals surface area contributed by atoms with E-state index in [0.29, 0.717) is 0 Å². The van der Waals surface area contributed by atoms with Crippen LogP contribution in [0.5, 0.6) is 0 Å². The molecule has 0 saturated carbocycles. The minimum Gasteiger partial charge on any atom is -0.456 e. The van der Waals surface area contributed by atoms with E-state index in [-0.39, 0.29) is 23.1 Å². The van der Waals surface area contributed by atoms with Crippen molar-refractivity contribution < 1.29 is 8.83 Å². The van der Waals surface area contributed by atoms with Crippen LogP contribution in [0.3, 0.4) is 0 Å². The number of furan rings is 2. The molecule has 0 atom stereocenters. The van der Waals surface area contributed by atoms with Gasteiger partial charge in [-0.15, -0.1) is 11.3 Å². The van der Waals surface area contributed by atoms with Gasteiger partial charge in [0, 0.05) is 65.1 Å². The highest BCUT2D eigenvalue weighted by molar-refractivity contribution is 7.32. The molecule has 304 valence electrons. The number of para-hydroxylation sites is 2. The molecule has 2 aliphatic rings. The molecular weight excluding hydrogens is 776 g/mol. The normalized spacial score (nSPS) is 14.1. The summed E-state index contributed by atoms with van der Waals surface area (Å²) in [7, 11) is 0. The maximum Gasteiger partial charge on any atom is 0.343 e. The minimum atomic E-state index is -0.164. The smallest absolute Gasteiger partial charge is 0.343 e. The molecule has 0 unspecified atom stereocenters. The second kappa shape index (κ2) is 12.7. The summed E-state index contributed by atoms with van der Waals surface area (Å²) in [6.45, 7) is 20.5. The molecule has 0 radical (unpaired) electrons. The van der Waals surface area contributed by atoms with Crippen molar-refractivity contribution in [3.05, 3.63) is 150 Å². The van der Waals surface area contributed by atoms with Gasteiger partial charge in [-0.1, -0.05) is 129 Å². The molecule has 0 bridgehead atoms. The Balaban J connectivity index is 1.27. The number of nitrogens with zero attached hydrogens (tertiary/aromatic N) is 2. The summed E-state index contributed by atoms with van der Waals surface area (Å²) in [6, 6.07) is 49.9. The number of anilines is 5. The lowest BCUT2D eigenvalue weighted by molar-refractivity contribution is 0.590. The Morgan fingerprint density at radius 1 is 0.468 bits per heavy atom. The lowest BCUT2D eigenvalue weighted by Crippen LogP contribution is -2.60. The van der Waals surface area contributed by atoms with Gasteiger partial charge in [-0.3, -0.25) is 0 Å². The van der Waals surface area contributed by atoms with Crippen LogP contribution in [0, 0.1) is 0 Å². The third-order valence-corrected chi connectivity index (χ3v) is 14.7. The third kappa shape index (κ3) is 5.38. The molecule has 0 spiro atoms. The van der Waals surface area contributed by atoms with Crippen molar-refractivity contribution >= 4 is 111 Å². The van der Waals surface area contributed by atoms with Crippen LogP contribution < -0.4 is 20.0 Å². The largest absolute Gasteiger partial charge is 0.456 e. The van der Waals surface area contributed by atoms with Crippen LogP contribution in [0.2, 0.25) is 0 Å². The highest BCUT2D eigenvalue weighted by Gasteiger charge is 2.49. The van der Waals surface area contributed by atoms with Gasteiger partial charge >= 0.3 is 6.85 Å². The van der Waals surface area contributed by atoms with E-state index in [1.165, 1.54) is 53.8 Å². The molecule has 5 heterocycles. The predicted molar refractivity (Wildman–Crippen MR) is 266 cm³/mol. The van der Waals surface area contributed by atoms with Crippen molar-refractivity contribution in [2.24, 2.45) is 0 Å². The Kier molecular flexibility index (Phi) is 7.67. The fraction of sp³-hybridized carbons (Fsp3) is 0.214. The van der Waals surface area contributed by atoms with Gasteiger partial charge in [0.05, 0.1) is 11.4 Å². The zero-order valence-electron chi connectivity index (χ0n) is 36.9. The van der Waals surface area contributed by atoms with Crippen LogP contribution in [-0.4, -0.2) is 6.85 Å². The Labute approximate surface area is 367 Å². The molecule has 12 rings (SSSR count). The summed E-state index contributed by atoms with van der Waals surface area (Å²) in [4.78, 5) is 5.17. The van der Waals surface area contributed by atoms with Crippen LogP contribution in [0.1, 0.15) is 79.0 Å². The SMILES string of the molecule is CC(C)(C)c1ccc(N2B3c4sc5ccc(C(C)(C)C)cc5c4N(c4ccc(C(C)(C)C)cc4)c4c3c(cc3c4oc4ccccc43)-c3cc4c(cc32)oc2ccccc24)cc1. The number of fused-ring (bicyclic) bond motifs is 13. The Morgan fingerprint density at radius 3 is 1.68 bits per heavy atom. The predicted octanol–water partition coefficient (Wildman–Crippen LogP) is 15.3. The fourth-order valence-corrected chi connectivity index (χ4v) is 11.4. The van der Waals surface area contributed by atoms with E-state index in [4.69, 9.17) is 8.83 Å². The number of thiophene rings is 1. The van der Waals surface area contributed by atoms with Gasteiger partial charge in [-0.05, 0) is 105 Å². The lowest BCUT2D eigenvalue weighted by atomic mass is 9.46. The second-order valence-electron chi connectivity index (χ2n) is 20.6. The Bertz CT molecular complexity index is 3480. The highest BCUT2D eigenvalue weighted by Crippen LogP contribution is 2.54. The number of hydrogen-bond acceptors (Lipinski definition) is 5. The zero-order valence-corrected chi connectivity index (χ0v) is 37.7. The number of benzene rings is 7. The molecule has 3 aromatic heterocycles. The van der Waals surface area contributed by atoms with Gasteiger partial charge in [0.25, 0.3) is 0 Å². The van der Waals surface area contributed by atoms with Gasteiger partial charge < -0.3 is 18.5 Å². The van der Waals surface area contributed by atoms with Crippen LogP contribution in [-0.2, 0) is 16.2 Å². The molecule has 2 aliphatic heterocycles. The third-order valence-electron chi connectivity index (χ3n) is 13.5. The molecule has 10 aromatic rings. The van der Waals surface area contributed by atoms with E-state index in [2.05, 4.69) is 205 Å². The Hall–Kier alpha value is -6.24. The summed E-state index contributed by atoms with van der Waals surface area (Å²) < 4.78 is 16.4. The summed E-state index contributed by atoms with van der Waals surface area (Å²) >= 11 is 1.92. The van der Waals surface area contributed by atoms with Gasteiger partial charge in [-0.2, -0.15) is 0 Å². The van der Waals surface area contributed by atoms with E-state index < -0.39 is 0 Å². The average molecular weight is 825 g/mol. The number of hydrogen-bond donors (Lipinski definition) is 0. The Morgan fingerprint density at radius 2 is 1.03 bits per heavy atom. The van der Waals surface area contributed by atoms with Crippen molar-refractivity contribution in [2.45, 2.75) is 78.6 Å². The van der Waals surface area contributed by atoms with E-state index in [1.54, 1.807) is 0 Å². The number of rotatable bonds is 2. The van der Waals surface area contributed by atoms with Crippen molar-refractivity contribution in [1.82, 2.24) is 0 Å². The molecule has 62 heavy (non-hydrogen) atoms. The van der Waals surface area contributed by atoms with Crippen molar-refractivity contribution in [1.29, 1.82) is 0 Å². The van der Waals surface area contributed by atoms with Crippen LogP contribution in [0.25, 0.3) is 65.1 Å². The lowest BCUT2D eigenvalue weighted by Gasteiger charge is -2.44. The summed E-state index contributed by atoms with van der Waals surface area (Å²) in [5.41, 5.74) is 16.9. The maximum atomic E-state index is 7.16. The molecule has 4 nitrogen and oxygen atoms in total. The van der Waals surface area contributed by atoms with Gasteiger partial charge in [0.2, 0.25) is 0 Å². The standard InChI is InChI=1S/C56H49BN2O2S/c1-54(2,3)32-18-23-35(24-19-32)58-50-43-28-34(56(7,8)9)22-27-48(43)62-53(50)57-49-41(30-42-38-15-11-13-17-46(38)61-52(42)51(49)58)39-29-40-37-14-10-12-16-45(37)60-47(40)31-44(39)59(57)36-25-20-33(21-26-36)55(4,5)6/h10-31H,1-9H3. The molecule has 6 heteroatoms. The van der Waals surface area contributed by atoms with E-state index in [0.717, 1.165) is 66.6 Å².